The molecular weight excluding hydrogens is 210 g/mol. The summed E-state index contributed by atoms with van der Waals surface area (Å²) in [5.41, 5.74) is -0.238. The van der Waals surface area contributed by atoms with Gasteiger partial charge in [0, 0.05) is 0 Å². The van der Waals surface area contributed by atoms with Gasteiger partial charge in [-0.05, 0) is 32.7 Å². The summed E-state index contributed by atoms with van der Waals surface area (Å²) in [6.45, 7) is 3.95. The number of carbonyl (C=O) groups is 1. The Morgan fingerprint density at radius 1 is 1.29 bits per heavy atom. The van der Waals surface area contributed by atoms with E-state index < -0.39 is 0 Å². The molecule has 0 radical (unpaired) electrons. The predicted octanol–water partition coefficient (Wildman–Crippen LogP) is 3.69. The summed E-state index contributed by atoms with van der Waals surface area (Å²) in [6, 6.07) is 0. The van der Waals surface area contributed by atoms with Crippen LogP contribution in [0, 0.1) is 5.92 Å². The van der Waals surface area contributed by atoms with Crippen molar-refractivity contribution >= 4 is 5.78 Å². The number of rotatable bonds is 7. The van der Waals surface area contributed by atoms with Crippen LogP contribution in [0.3, 0.4) is 0 Å². The molecule has 1 N–H and O–H groups in total. The van der Waals surface area contributed by atoms with Crippen LogP contribution in [0.4, 0.5) is 0 Å². The van der Waals surface area contributed by atoms with Crippen molar-refractivity contribution in [1.29, 1.82) is 0 Å². The molecule has 1 unspecified atom stereocenters. The summed E-state index contributed by atoms with van der Waals surface area (Å²) >= 11 is 0. The fourth-order valence-corrected chi connectivity index (χ4v) is 3.19. The Bertz CT molecular complexity index is 233. The number of ketones is 1. The topological polar surface area (TPSA) is 29.1 Å². The first kappa shape index (κ1) is 14.7. The number of carbonyl (C=O) groups excluding carboxylic acids is 1. The first-order chi connectivity index (χ1) is 8.14. The van der Waals surface area contributed by atoms with Gasteiger partial charge in [0.05, 0.1) is 5.54 Å². The Morgan fingerprint density at radius 3 is 2.41 bits per heavy atom. The molecule has 0 aliphatic heterocycles. The van der Waals surface area contributed by atoms with Gasteiger partial charge >= 0.3 is 0 Å². The summed E-state index contributed by atoms with van der Waals surface area (Å²) < 4.78 is 0. The third-order valence-corrected chi connectivity index (χ3v) is 4.47. The zero-order valence-corrected chi connectivity index (χ0v) is 11.8. The molecule has 1 fully saturated rings. The number of Topliss-reactive ketones (excluding diaryl/α,β-unsaturated/α-hetero) is 1. The van der Waals surface area contributed by atoms with Crippen molar-refractivity contribution in [3.63, 3.8) is 0 Å². The van der Waals surface area contributed by atoms with E-state index in [1.165, 1.54) is 38.5 Å². The molecule has 0 aromatic carbocycles. The highest BCUT2D eigenvalue weighted by atomic mass is 16.1. The third kappa shape index (κ3) is 4.09. The number of nitrogens with one attached hydrogen (secondary N) is 1. The molecule has 0 amide bonds. The maximum Gasteiger partial charge on any atom is 0.149 e. The minimum absolute atomic E-state index is 0.238. The van der Waals surface area contributed by atoms with Crippen LogP contribution in [-0.2, 0) is 4.79 Å². The predicted molar refractivity (Wildman–Crippen MR) is 73.2 cm³/mol. The molecule has 17 heavy (non-hydrogen) atoms. The van der Waals surface area contributed by atoms with Crippen LogP contribution in [0.25, 0.3) is 0 Å². The molecule has 0 spiro atoms. The molecule has 2 heteroatoms. The highest BCUT2D eigenvalue weighted by Crippen LogP contribution is 2.33. The molecule has 1 atom stereocenters. The molecule has 1 saturated carbocycles. The van der Waals surface area contributed by atoms with Crippen molar-refractivity contribution in [2.45, 2.75) is 77.2 Å². The van der Waals surface area contributed by atoms with Gasteiger partial charge in [0.25, 0.3) is 0 Å². The molecule has 1 aliphatic rings. The Kier molecular flexibility index (Phi) is 6.18. The molecule has 1 aliphatic carbocycles. The van der Waals surface area contributed by atoms with Crippen molar-refractivity contribution in [3.8, 4) is 0 Å². The minimum Gasteiger partial charge on any atom is -0.308 e. The van der Waals surface area contributed by atoms with Crippen molar-refractivity contribution in [2.75, 3.05) is 7.05 Å². The fourth-order valence-electron chi connectivity index (χ4n) is 3.19. The molecule has 0 aromatic rings. The second kappa shape index (κ2) is 7.15. The van der Waals surface area contributed by atoms with Gasteiger partial charge in [-0.25, -0.2) is 0 Å². The molecule has 1 rings (SSSR count). The molecular formula is C15H29NO. The average molecular weight is 239 g/mol. The highest BCUT2D eigenvalue weighted by Gasteiger charge is 2.35. The lowest BCUT2D eigenvalue weighted by atomic mass is 9.75. The van der Waals surface area contributed by atoms with Crippen molar-refractivity contribution in [3.05, 3.63) is 0 Å². The molecule has 2 nitrogen and oxygen atoms in total. The lowest BCUT2D eigenvalue weighted by Gasteiger charge is -2.36. The average Bonchev–Trinajstić information content (AvgIpc) is 2.35. The summed E-state index contributed by atoms with van der Waals surface area (Å²) in [4.78, 5) is 12.0. The molecule has 0 bridgehead atoms. The first-order valence-electron chi connectivity index (χ1n) is 7.34. The van der Waals surface area contributed by atoms with Gasteiger partial charge in [0.2, 0.25) is 0 Å². The van der Waals surface area contributed by atoms with Crippen LogP contribution in [0.15, 0.2) is 0 Å². The first-order valence-corrected chi connectivity index (χ1v) is 7.34. The van der Waals surface area contributed by atoms with Crippen LogP contribution in [0.5, 0.6) is 0 Å². The summed E-state index contributed by atoms with van der Waals surface area (Å²) in [5, 5.41) is 3.35. The van der Waals surface area contributed by atoms with Crippen molar-refractivity contribution < 1.29 is 4.79 Å². The summed E-state index contributed by atoms with van der Waals surface area (Å²) in [6.07, 6.45) is 11.1. The Balaban J connectivity index is 2.63. The minimum atomic E-state index is -0.238. The molecule has 0 heterocycles. The lowest BCUT2D eigenvalue weighted by Crippen LogP contribution is -2.50. The Morgan fingerprint density at radius 2 is 1.94 bits per heavy atom. The van der Waals surface area contributed by atoms with E-state index in [1.54, 1.807) is 6.92 Å². The van der Waals surface area contributed by atoms with Gasteiger partial charge in [-0.15, -0.1) is 0 Å². The number of unbranched alkanes of at least 4 members (excludes halogenated alkanes) is 1. The number of hydrogen-bond donors (Lipinski definition) is 1. The number of likely N-dealkylation sites (N-methyl/N-ethyl adjacent to an activating group) is 1. The largest absolute Gasteiger partial charge is 0.308 e. The van der Waals surface area contributed by atoms with E-state index in [1.807, 2.05) is 7.05 Å². The Hall–Kier alpha value is -0.370. The van der Waals surface area contributed by atoms with Gasteiger partial charge in [-0.2, -0.15) is 0 Å². The smallest absolute Gasteiger partial charge is 0.149 e. The second-order valence-electron chi connectivity index (χ2n) is 5.70. The number of hydrogen-bond acceptors (Lipinski definition) is 2. The van der Waals surface area contributed by atoms with Gasteiger partial charge in [-0.1, -0.05) is 51.9 Å². The monoisotopic (exact) mass is 239 g/mol. The maximum absolute atomic E-state index is 12.0. The maximum atomic E-state index is 12.0. The van der Waals surface area contributed by atoms with Crippen LogP contribution in [-0.4, -0.2) is 18.4 Å². The second-order valence-corrected chi connectivity index (χ2v) is 5.70. The molecule has 0 saturated heterocycles. The zero-order valence-electron chi connectivity index (χ0n) is 11.8. The van der Waals surface area contributed by atoms with Gasteiger partial charge in [0.1, 0.15) is 5.78 Å². The van der Waals surface area contributed by atoms with Crippen molar-refractivity contribution in [2.24, 2.45) is 5.92 Å². The SMILES string of the molecule is CCCCC(CC1CCCCC1)(NC)C(C)=O. The van der Waals surface area contributed by atoms with Crippen LogP contribution >= 0.6 is 0 Å². The van der Waals surface area contributed by atoms with Gasteiger partial charge < -0.3 is 5.32 Å². The van der Waals surface area contributed by atoms with E-state index in [2.05, 4.69) is 12.2 Å². The molecule has 0 aromatic heterocycles. The van der Waals surface area contributed by atoms with E-state index in [4.69, 9.17) is 0 Å². The Labute approximate surface area is 107 Å². The lowest BCUT2D eigenvalue weighted by molar-refractivity contribution is -0.124. The van der Waals surface area contributed by atoms with E-state index in [0.717, 1.165) is 25.2 Å². The van der Waals surface area contributed by atoms with Gasteiger partial charge in [0.15, 0.2) is 0 Å². The highest BCUT2D eigenvalue weighted by molar-refractivity contribution is 5.86. The van der Waals surface area contributed by atoms with Crippen LogP contribution in [0.2, 0.25) is 0 Å². The van der Waals surface area contributed by atoms with E-state index in [-0.39, 0.29) is 5.54 Å². The summed E-state index contributed by atoms with van der Waals surface area (Å²) in [7, 11) is 1.96. The molecule has 100 valence electrons. The van der Waals surface area contributed by atoms with Crippen molar-refractivity contribution in [1.82, 2.24) is 5.32 Å². The fraction of sp³-hybridized carbons (Fsp3) is 0.933. The zero-order chi connectivity index (χ0) is 12.7. The normalized spacial score (nSPS) is 21.1. The van der Waals surface area contributed by atoms with E-state index >= 15 is 0 Å². The standard InChI is InChI=1S/C15H29NO/c1-4-5-11-15(16-3,13(2)17)12-14-9-7-6-8-10-14/h14,16H,4-12H2,1-3H3. The van der Waals surface area contributed by atoms with E-state index in [9.17, 15) is 4.79 Å². The van der Waals surface area contributed by atoms with E-state index in [0.29, 0.717) is 5.78 Å². The van der Waals surface area contributed by atoms with Gasteiger partial charge in [-0.3, -0.25) is 4.79 Å². The summed E-state index contributed by atoms with van der Waals surface area (Å²) in [5.74, 6) is 1.09. The van der Waals surface area contributed by atoms with Crippen LogP contribution < -0.4 is 5.32 Å². The van der Waals surface area contributed by atoms with Crippen LogP contribution in [0.1, 0.15) is 71.6 Å². The quantitative estimate of drug-likeness (QED) is 0.734. The third-order valence-electron chi connectivity index (χ3n) is 4.47.